The van der Waals surface area contributed by atoms with E-state index in [4.69, 9.17) is 55.2 Å². The summed E-state index contributed by atoms with van der Waals surface area (Å²) < 4.78 is 45.3. The number of aliphatic hydroxyl groups excluding tert-OH is 1. The van der Waals surface area contributed by atoms with Gasteiger partial charge in [-0.05, 0) is 161 Å². The number of phenols is 3. The van der Waals surface area contributed by atoms with Crippen molar-refractivity contribution in [1.29, 1.82) is 0 Å². The maximum absolute atomic E-state index is 13.1. The van der Waals surface area contributed by atoms with Crippen molar-refractivity contribution in [3.05, 3.63) is 275 Å². The minimum absolute atomic E-state index is 0.0336. The number of esters is 2. The van der Waals surface area contributed by atoms with Crippen molar-refractivity contribution in [2.45, 2.75) is 62.6 Å². The van der Waals surface area contributed by atoms with E-state index >= 15 is 0 Å². The number of hydrogen-bond acceptors (Lipinski definition) is 27. The summed E-state index contributed by atoms with van der Waals surface area (Å²) in [5.74, 6) is 0.199. The van der Waals surface area contributed by atoms with E-state index in [0.29, 0.717) is 136 Å². The van der Waals surface area contributed by atoms with Gasteiger partial charge in [-0.25, -0.2) is 23.7 Å². The molecule has 0 unspecified atom stereocenters. The molecule has 0 aliphatic heterocycles. The van der Waals surface area contributed by atoms with E-state index in [1.54, 1.807) is 215 Å². The Morgan fingerprint density at radius 2 is 0.808 bits per heavy atom. The lowest BCUT2D eigenvalue weighted by Gasteiger charge is -2.20. The minimum atomic E-state index is -0.647. The number of aliphatic hydroxyl groups is 1. The Morgan fingerprint density at radius 3 is 1.15 bits per heavy atom. The van der Waals surface area contributed by atoms with Crippen LogP contribution < -0.4 is 59.1 Å². The van der Waals surface area contributed by atoms with Crippen LogP contribution in [0.5, 0.6) is 51.7 Å². The quantitative estimate of drug-likeness (QED) is 0.00977. The molecule has 0 saturated heterocycles. The van der Waals surface area contributed by atoms with Crippen molar-refractivity contribution < 1.29 is 96.7 Å². The second kappa shape index (κ2) is 46.1. The van der Waals surface area contributed by atoms with Crippen molar-refractivity contribution in [2.24, 2.45) is 0 Å². The van der Waals surface area contributed by atoms with Gasteiger partial charge in [0.25, 0.3) is 17.7 Å². The fourth-order valence-electron chi connectivity index (χ4n) is 12.6. The molecular formula is C93H89BrN14O20S2. The standard InChI is InChI=1S/C33H32N6O7S.C27H23BrN2O5.C27H24N2O6.C6H10N4O2S/c1-4-18-45-29(40)19-39-32(35-36-37-39)47-20-21-12-14-22(15-13-21)46-33(43)38(2)27-10-7-8-24-23(27)16-17-25(30(24)41)31(42)34-26-9-5-6-11-28(26)44-3;1-30(27(33)35-18-12-10-17(16-28)11-13-18)23-8-5-6-20-19(23)14-15-21(25(20)31)26(32)29-22-7-3-4-9-24(22)34-2;1-29(27(33)35-18-12-10-17(16-30)11-13-18)23-8-5-6-20-19(23)14-15-21(25(20)31)26(32)28-22-7-3-4-9-24(22)34-2;1-2-3-12-5(11)4-10-6(13)7-8-9-10/h5-17,41H,4,18-20H2,1-3H3,(H,34,42);3-15,31H,16H2,1-2H3,(H,29,32);3-15,30-31H,16H2,1-2H3,(H,28,32);2-4H2,1H3,(H,7,9,13). The average molecular weight is 1870 g/mol. The summed E-state index contributed by atoms with van der Waals surface area (Å²) in [6.07, 6.45) is -0.328. The summed E-state index contributed by atoms with van der Waals surface area (Å²) in [6, 6.07) is 66.4. The summed E-state index contributed by atoms with van der Waals surface area (Å²) in [4.78, 5) is 105. The number of ether oxygens (including phenoxy) is 8. The number of benzene rings is 12. The first kappa shape index (κ1) is 95.2. The summed E-state index contributed by atoms with van der Waals surface area (Å²) in [5.41, 5.74) is 5.84. The van der Waals surface area contributed by atoms with Crippen molar-refractivity contribution in [3.63, 3.8) is 0 Å². The monoisotopic (exact) mass is 1860 g/mol. The van der Waals surface area contributed by atoms with E-state index < -0.39 is 42.0 Å². The van der Waals surface area contributed by atoms with Crippen molar-refractivity contribution >= 4 is 154 Å². The van der Waals surface area contributed by atoms with Crippen molar-refractivity contribution in [1.82, 2.24) is 40.4 Å². The molecule has 0 fully saturated rings. The zero-order valence-electron chi connectivity index (χ0n) is 71.4. The highest BCUT2D eigenvalue weighted by Crippen LogP contribution is 2.40. The largest absolute Gasteiger partial charge is 0.506 e. The normalized spacial score (nSPS) is 10.6. The van der Waals surface area contributed by atoms with Crippen LogP contribution in [0.2, 0.25) is 0 Å². The van der Waals surface area contributed by atoms with E-state index in [1.807, 2.05) is 38.1 Å². The number of amides is 6. The summed E-state index contributed by atoms with van der Waals surface area (Å²) in [5, 5.41) is 75.3. The van der Waals surface area contributed by atoms with Crippen LogP contribution in [0.4, 0.5) is 48.5 Å². The molecule has 12 aromatic carbocycles. The first-order chi connectivity index (χ1) is 62.9. The molecule has 6 amide bonds. The molecule has 34 nitrogen and oxygen atoms in total. The number of H-pyrrole nitrogens is 1. The zero-order valence-corrected chi connectivity index (χ0v) is 74.6. The molecule has 130 heavy (non-hydrogen) atoms. The lowest BCUT2D eigenvalue weighted by atomic mass is 10.0. The van der Waals surface area contributed by atoms with Gasteiger partial charge in [-0.1, -0.05) is 179 Å². The molecule has 14 aromatic rings. The van der Waals surface area contributed by atoms with Gasteiger partial charge in [0.15, 0.2) is 0 Å². The van der Waals surface area contributed by atoms with Crippen LogP contribution in [0.3, 0.4) is 0 Å². The zero-order chi connectivity index (χ0) is 92.9. The van der Waals surface area contributed by atoms with Crippen LogP contribution in [-0.2, 0) is 49.8 Å². The number of aromatic hydroxyl groups is 3. The number of fused-ring (bicyclic) bond motifs is 3. The van der Waals surface area contributed by atoms with Crippen LogP contribution in [0.25, 0.3) is 32.3 Å². The summed E-state index contributed by atoms with van der Waals surface area (Å²) in [7, 11) is 9.22. The number of carbonyl (C=O) groups excluding carboxylic acids is 8. The number of carbonyl (C=O) groups is 8. The number of aromatic nitrogens is 8. The van der Waals surface area contributed by atoms with Gasteiger partial charge in [-0.2, -0.15) is 5.21 Å². The summed E-state index contributed by atoms with van der Waals surface area (Å²) >= 11 is 9.51. The first-order valence-electron chi connectivity index (χ1n) is 39.9. The topological polar surface area (TPSA) is 427 Å². The van der Waals surface area contributed by atoms with Crippen LogP contribution >= 0.6 is 39.9 Å². The predicted octanol–water partition coefficient (Wildman–Crippen LogP) is 17.2. The van der Waals surface area contributed by atoms with Crippen molar-refractivity contribution in [2.75, 3.05) is 86.3 Å². The first-order valence-corrected chi connectivity index (χ1v) is 42.4. The lowest BCUT2D eigenvalue weighted by molar-refractivity contribution is -0.145. The van der Waals surface area contributed by atoms with Crippen LogP contribution in [0.1, 0.15) is 74.5 Å². The Balaban J connectivity index is 0.000000178. The van der Waals surface area contributed by atoms with Gasteiger partial charge in [0, 0.05) is 64.5 Å². The highest BCUT2D eigenvalue weighted by molar-refractivity contribution is 9.08. The smallest absolute Gasteiger partial charge is 0.419 e. The van der Waals surface area contributed by atoms with Gasteiger partial charge in [0.2, 0.25) is 9.93 Å². The van der Waals surface area contributed by atoms with Gasteiger partial charge in [0.1, 0.15) is 64.8 Å². The molecule has 670 valence electrons. The molecule has 14 rings (SSSR count). The third-order valence-electron chi connectivity index (χ3n) is 19.4. The SMILES string of the molecule is CCCOC(=O)Cn1[nH]nnc1=S.CCCOC(=O)Cn1nnnc1SCc1ccc(OC(=O)N(C)c2cccc3c(O)c(C(=O)Nc4ccccc4OC)ccc23)cc1.COc1ccccc1NC(=O)c1ccc2c(N(C)C(=O)Oc3ccc(CBr)cc3)cccc2c1O.COc1ccccc1NC(=O)c1ccc2c(N(C)C(=O)Oc3ccc(CO)cc3)cccc2c1O. The molecule has 0 bridgehead atoms. The molecular weight excluding hydrogens is 1780 g/mol. The number of alkyl halides is 1. The fraction of sp³-hybridized carbons (Fsp3) is 0.183. The number of rotatable bonds is 28. The second-order valence-corrected chi connectivity index (χ2v) is 29.9. The molecule has 2 heterocycles. The average Bonchev–Trinajstić information content (AvgIpc) is 0.968. The van der Waals surface area contributed by atoms with E-state index in [0.717, 1.165) is 24.0 Å². The highest BCUT2D eigenvalue weighted by Gasteiger charge is 2.26. The van der Waals surface area contributed by atoms with Crippen LogP contribution in [0, 0.1) is 4.77 Å². The number of anilines is 6. The molecule has 37 heteroatoms. The van der Waals surface area contributed by atoms with Gasteiger partial charge in [0.05, 0.1) is 92.0 Å². The molecule has 0 radical (unpaired) electrons. The number of methoxy groups -OCH3 is 3. The summed E-state index contributed by atoms with van der Waals surface area (Å²) in [6.45, 7) is 4.46. The molecule has 0 spiro atoms. The van der Waals surface area contributed by atoms with E-state index in [-0.39, 0.29) is 64.4 Å². The van der Waals surface area contributed by atoms with Gasteiger partial charge < -0.3 is 74.3 Å². The number of halogens is 1. The number of nitrogens with one attached hydrogen (secondary N) is 4. The van der Waals surface area contributed by atoms with E-state index in [9.17, 15) is 53.7 Å². The third-order valence-corrected chi connectivity index (χ3v) is 21.3. The number of thioether (sulfide) groups is 1. The maximum atomic E-state index is 13.1. The third kappa shape index (κ3) is 24.4. The highest BCUT2D eigenvalue weighted by atomic mass is 79.9. The van der Waals surface area contributed by atoms with Gasteiger partial charge in [-0.15, -0.1) is 5.10 Å². The lowest BCUT2D eigenvalue weighted by Crippen LogP contribution is -2.29. The molecule has 0 aliphatic carbocycles. The molecule has 0 aliphatic rings. The van der Waals surface area contributed by atoms with Gasteiger partial charge in [-0.3, -0.25) is 38.7 Å². The number of tetrazole rings is 2. The maximum Gasteiger partial charge on any atom is 0.419 e. The molecule has 2 aromatic heterocycles. The van der Waals surface area contributed by atoms with Crippen LogP contribution in [0.15, 0.2) is 242 Å². The Kier molecular flexibility index (Phi) is 33.8. The van der Waals surface area contributed by atoms with Gasteiger partial charge >= 0.3 is 30.2 Å². The molecule has 0 atom stereocenters. The number of aromatic amines is 1. The van der Waals surface area contributed by atoms with E-state index in [1.165, 1.54) is 75.4 Å². The van der Waals surface area contributed by atoms with Crippen LogP contribution in [-0.4, -0.2) is 164 Å². The van der Waals surface area contributed by atoms with E-state index in [2.05, 4.69) is 62.9 Å². The van der Waals surface area contributed by atoms with Crippen molar-refractivity contribution in [3.8, 4) is 51.7 Å². The Labute approximate surface area is 762 Å². The minimum Gasteiger partial charge on any atom is -0.506 e. The number of phenolic OH excluding ortho intramolecular Hbond substituents is 3. The Bertz CT molecular complexity index is 6230. The second-order valence-electron chi connectivity index (χ2n) is 28.0. The fourth-order valence-corrected chi connectivity index (χ4v) is 14.0. The predicted molar refractivity (Wildman–Crippen MR) is 496 cm³/mol. The Hall–Kier alpha value is -15.5. The molecule has 0 saturated carbocycles. The number of para-hydroxylation sites is 6. The number of hydrogen-bond donors (Lipinski definition) is 8. The Morgan fingerprint density at radius 1 is 0.446 bits per heavy atom. The number of nitrogens with zero attached hydrogens (tertiary/aromatic N) is 10. The molecule has 8 N–H and O–H groups in total.